The van der Waals surface area contributed by atoms with Crippen molar-refractivity contribution in [1.29, 1.82) is 0 Å². The van der Waals surface area contributed by atoms with Crippen molar-refractivity contribution in [2.24, 2.45) is 7.05 Å². The standard InChI is InChI=1S/C20H19FN2O/c1-22-18-8-3-2-5-14(18)12-19(22)16-9-10-23(13-16)20(24)15-6-4-7-17(21)11-15/h2-8,11-12,16H,9-10,13H2,1H3. The Morgan fingerprint density at radius 1 is 1.12 bits per heavy atom. The zero-order chi connectivity index (χ0) is 16.7. The van der Waals surface area contributed by atoms with Crippen LogP contribution in [0.2, 0.25) is 0 Å². The molecule has 1 aromatic heterocycles. The third-order valence-electron chi connectivity index (χ3n) is 4.95. The van der Waals surface area contributed by atoms with E-state index < -0.39 is 0 Å². The van der Waals surface area contributed by atoms with E-state index in [1.54, 1.807) is 12.1 Å². The predicted molar refractivity (Wildman–Crippen MR) is 92.6 cm³/mol. The van der Waals surface area contributed by atoms with Crippen LogP contribution in [-0.4, -0.2) is 28.5 Å². The predicted octanol–water partition coefficient (Wildman–Crippen LogP) is 3.95. The van der Waals surface area contributed by atoms with Gasteiger partial charge in [0.2, 0.25) is 0 Å². The molecule has 0 bridgehead atoms. The van der Waals surface area contributed by atoms with Crippen LogP contribution in [0.3, 0.4) is 0 Å². The van der Waals surface area contributed by atoms with Crippen molar-refractivity contribution in [3.8, 4) is 0 Å². The van der Waals surface area contributed by atoms with Crippen LogP contribution >= 0.6 is 0 Å². The first-order valence-corrected chi connectivity index (χ1v) is 8.22. The number of para-hydroxylation sites is 1. The van der Waals surface area contributed by atoms with Crippen LogP contribution in [-0.2, 0) is 7.05 Å². The van der Waals surface area contributed by atoms with Gasteiger partial charge >= 0.3 is 0 Å². The van der Waals surface area contributed by atoms with Gasteiger partial charge in [-0.25, -0.2) is 4.39 Å². The molecule has 2 aromatic carbocycles. The third kappa shape index (κ3) is 2.48. The molecule has 1 atom stereocenters. The Bertz CT molecular complexity index is 915. The lowest BCUT2D eigenvalue weighted by Gasteiger charge is -2.17. The minimum atomic E-state index is -0.370. The Morgan fingerprint density at radius 3 is 2.75 bits per heavy atom. The molecule has 4 rings (SSSR count). The highest BCUT2D eigenvalue weighted by Crippen LogP contribution is 2.31. The van der Waals surface area contributed by atoms with E-state index in [4.69, 9.17) is 0 Å². The quantitative estimate of drug-likeness (QED) is 0.701. The summed E-state index contributed by atoms with van der Waals surface area (Å²) in [6.45, 7) is 1.39. The van der Waals surface area contributed by atoms with E-state index in [9.17, 15) is 9.18 Å². The molecule has 0 spiro atoms. The van der Waals surface area contributed by atoms with Crippen molar-refractivity contribution >= 4 is 16.8 Å². The minimum absolute atomic E-state index is 0.0873. The van der Waals surface area contributed by atoms with E-state index in [1.165, 1.54) is 28.7 Å². The maximum atomic E-state index is 13.4. The van der Waals surface area contributed by atoms with Crippen LogP contribution in [0.1, 0.15) is 28.4 Å². The highest BCUT2D eigenvalue weighted by molar-refractivity contribution is 5.94. The average molecular weight is 322 g/mol. The molecule has 24 heavy (non-hydrogen) atoms. The van der Waals surface area contributed by atoms with Gasteiger partial charge in [-0.05, 0) is 42.1 Å². The van der Waals surface area contributed by atoms with Crippen molar-refractivity contribution in [1.82, 2.24) is 9.47 Å². The number of carbonyl (C=O) groups excluding carboxylic acids is 1. The lowest BCUT2D eigenvalue weighted by molar-refractivity contribution is 0.0790. The van der Waals surface area contributed by atoms with Gasteiger partial charge in [0.05, 0.1) is 0 Å². The summed E-state index contributed by atoms with van der Waals surface area (Å²) in [7, 11) is 2.08. The van der Waals surface area contributed by atoms with E-state index in [-0.39, 0.29) is 11.7 Å². The Kier molecular flexibility index (Phi) is 3.60. The van der Waals surface area contributed by atoms with E-state index in [2.05, 4.69) is 29.8 Å². The summed E-state index contributed by atoms with van der Waals surface area (Å²) in [5.41, 5.74) is 2.89. The molecule has 122 valence electrons. The van der Waals surface area contributed by atoms with Crippen LogP contribution in [0.15, 0.2) is 54.6 Å². The third-order valence-corrected chi connectivity index (χ3v) is 4.95. The molecule has 3 nitrogen and oxygen atoms in total. The fourth-order valence-corrected chi connectivity index (χ4v) is 3.69. The number of carbonyl (C=O) groups is 1. The second-order valence-electron chi connectivity index (χ2n) is 6.43. The topological polar surface area (TPSA) is 25.2 Å². The molecule has 0 radical (unpaired) electrons. The second-order valence-corrected chi connectivity index (χ2v) is 6.43. The summed E-state index contributed by atoms with van der Waals surface area (Å²) in [5.74, 6) is -0.138. The molecular formula is C20H19FN2O. The molecule has 1 aliphatic heterocycles. The maximum Gasteiger partial charge on any atom is 0.253 e. The first-order chi connectivity index (χ1) is 11.6. The van der Waals surface area contributed by atoms with E-state index >= 15 is 0 Å². The molecule has 4 heteroatoms. The molecule has 1 fully saturated rings. The molecule has 0 aliphatic carbocycles. The zero-order valence-corrected chi connectivity index (χ0v) is 13.6. The van der Waals surface area contributed by atoms with Gasteiger partial charge in [0.25, 0.3) is 5.91 Å². The molecule has 2 heterocycles. The van der Waals surface area contributed by atoms with Crippen molar-refractivity contribution in [2.75, 3.05) is 13.1 Å². The van der Waals surface area contributed by atoms with Gasteiger partial charge in [0.1, 0.15) is 5.82 Å². The molecule has 1 unspecified atom stereocenters. The number of aromatic nitrogens is 1. The summed E-state index contributed by atoms with van der Waals surface area (Å²) in [6, 6.07) is 16.5. The smallest absolute Gasteiger partial charge is 0.253 e. The summed E-state index contributed by atoms with van der Waals surface area (Å²) < 4.78 is 15.6. The number of aryl methyl sites for hydroxylation is 1. The number of halogens is 1. The van der Waals surface area contributed by atoms with Gasteiger partial charge < -0.3 is 9.47 Å². The number of hydrogen-bond donors (Lipinski definition) is 0. The molecule has 1 amide bonds. The Labute approximate surface area is 140 Å². The van der Waals surface area contributed by atoms with Crippen LogP contribution in [0, 0.1) is 5.82 Å². The van der Waals surface area contributed by atoms with Crippen LogP contribution in [0.4, 0.5) is 4.39 Å². The molecular weight excluding hydrogens is 303 g/mol. The number of amides is 1. The molecule has 3 aromatic rings. The maximum absolute atomic E-state index is 13.4. The van der Waals surface area contributed by atoms with Gasteiger partial charge in [0.15, 0.2) is 0 Å². The van der Waals surface area contributed by atoms with Gasteiger partial charge in [-0.3, -0.25) is 4.79 Å². The van der Waals surface area contributed by atoms with Crippen molar-refractivity contribution < 1.29 is 9.18 Å². The normalized spacial score (nSPS) is 17.6. The molecule has 0 saturated carbocycles. The fraction of sp³-hybridized carbons (Fsp3) is 0.250. The lowest BCUT2D eigenvalue weighted by Crippen LogP contribution is -2.28. The number of likely N-dealkylation sites (tertiary alicyclic amines) is 1. The highest BCUT2D eigenvalue weighted by atomic mass is 19.1. The zero-order valence-electron chi connectivity index (χ0n) is 13.6. The molecule has 1 aliphatic rings. The highest BCUT2D eigenvalue weighted by Gasteiger charge is 2.29. The molecule has 0 N–H and O–H groups in total. The summed E-state index contributed by atoms with van der Waals surface area (Å²) in [6.07, 6.45) is 0.936. The summed E-state index contributed by atoms with van der Waals surface area (Å²) >= 11 is 0. The number of fused-ring (bicyclic) bond motifs is 1. The SMILES string of the molecule is Cn1c(C2CCN(C(=O)c3cccc(F)c3)C2)cc2ccccc21. The average Bonchev–Trinajstić information content (AvgIpc) is 3.20. The Balaban J connectivity index is 1.57. The Hall–Kier alpha value is -2.62. The fourth-order valence-electron chi connectivity index (χ4n) is 3.69. The van der Waals surface area contributed by atoms with Gasteiger partial charge in [0, 0.05) is 42.8 Å². The van der Waals surface area contributed by atoms with Crippen molar-refractivity contribution in [2.45, 2.75) is 12.3 Å². The second kappa shape index (κ2) is 5.78. The van der Waals surface area contributed by atoms with Crippen LogP contribution < -0.4 is 0 Å². The van der Waals surface area contributed by atoms with Crippen molar-refractivity contribution in [3.63, 3.8) is 0 Å². The number of rotatable bonds is 2. The first-order valence-electron chi connectivity index (χ1n) is 8.22. The number of benzene rings is 2. The Morgan fingerprint density at radius 2 is 1.96 bits per heavy atom. The first kappa shape index (κ1) is 14.9. The van der Waals surface area contributed by atoms with Crippen LogP contribution in [0.25, 0.3) is 10.9 Å². The number of nitrogens with zero attached hydrogens (tertiary/aromatic N) is 2. The minimum Gasteiger partial charge on any atom is -0.347 e. The summed E-state index contributed by atoms with van der Waals surface area (Å²) in [5, 5.41) is 1.23. The molecule has 1 saturated heterocycles. The van der Waals surface area contributed by atoms with Gasteiger partial charge in [-0.1, -0.05) is 24.3 Å². The monoisotopic (exact) mass is 322 g/mol. The van der Waals surface area contributed by atoms with Gasteiger partial charge in [-0.2, -0.15) is 0 Å². The number of hydrogen-bond acceptors (Lipinski definition) is 1. The van der Waals surface area contributed by atoms with Gasteiger partial charge in [-0.15, -0.1) is 0 Å². The summed E-state index contributed by atoms with van der Waals surface area (Å²) in [4.78, 5) is 14.4. The van der Waals surface area contributed by atoms with E-state index in [0.717, 1.165) is 6.42 Å². The van der Waals surface area contributed by atoms with Crippen molar-refractivity contribution in [3.05, 3.63) is 71.7 Å². The lowest BCUT2D eigenvalue weighted by atomic mass is 10.0. The van der Waals surface area contributed by atoms with E-state index in [0.29, 0.717) is 24.6 Å². The van der Waals surface area contributed by atoms with Crippen LogP contribution in [0.5, 0.6) is 0 Å². The largest absolute Gasteiger partial charge is 0.347 e. The van der Waals surface area contributed by atoms with E-state index in [1.807, 2.05) is 17.0 Å².